The second kappa shape index (κ2) is 21.7. The first-order valence-electron chi connectivity index (χ1n) is 19.5. The number of aliphatic hydroxyl groups excluding tert-OH is 1. The fourth-order valence-electron chi connectivity index (χ4n) is 6.75. The number of aryl methyl sites for hydroxylation is 1. The van der Waals surface area contributed by atoms with E-state index in [1.54, 1.807) is 73.7 Å². The zero-order valence-electron chi connectivity index (χ0n) is 33.4. The van der Waals surface area contributed by atoms with E-state index < -0.39 is 47.8 Å². The average molecular weight is 809 g/mol. The van der Waals surface area contributed by atoms with Crippen LogP contribution in [0.25, 0.3) is 0 Å². The van der Waals surface area contributed by atoms with Crippen LogP contribution < -0.4 is 20.9 Å². The van der Waals surface area contributed by atoms with Gasteiger partial charge in [-0.05, 0) is 118 Å². The normalized spacial score (nSPS) is 16.1. The molecule has 0 bridgehead atoms. The molecule has 7 N–H and O–H groups in total. The van der Waals surface area contributed by atoms with Crippen molar-refractivity contribution in [2.24, 2.45) is 5.92 Å². The highest BCUT2D eigenvalue weighted by Crippen LogP contribution is 2.26. The standard InChI is InChI=1S/C24H26N2O5.C21H26N2O5/c27-19-13-11-16(12-14-19)15-20(24(30)31)25-23(29)21(17-7-3-1-4-8-17)26-22(28)18-9-5-2-6-10-18;1-13-4-8-17(9-5-13)23(15(3)24)14(2)20(26)22-19(21(27)28)12-16-6-10-18(25)11-7-16/h2,5-6,9-14,20,27H,1,3-4,7-8,15H2,(H,25,29)(H,26,28)(H,30,31);4-6,8-11,14,16,19,25H,7,12H2,1-3H3,(H,22,26)(H,27,28)/t20-;14-,16?,19-/m00/s1. The quantitative estimate of drug-likeness (QED) is 0.0961. The van der Waals surface area contributed by atoms with E-state index in [4.69, 9.17) is 0 Å². The maximum absolute atomic E-state index is 13.1. The van der Waals surface area contributed by atoms with Gasteiger partial charge in [0.15, 0.2) is 0 Å². The van der Waals surface area contributed by atoms with Gasteiger partial charge in [0.2, 0.25) is 11.8 Å². The summed E-state index contributed by atoms with van der Waals surface area (Å²) in [5.74, 6) is -4.06. The van der Waals surface area contributed by atoms with Crippen LogP contribution in [0.4, 0.5) is 5.69 Å². The molecule has 3 aromatic carbocycles. The van der Waals surface area contributed by atoms with Crippen molar-refractivity contribution >= 4 is 41.3 Å². The molecule has 4 amide bonds. The Morgan fingerprint density at radius 2 is 1.42 bits per heavy atom. The smallest absolute Gasteiger partial charge is 0.326 e. The fourth-order valence-corrected chi connectivity index (χ4v) is 6.75. The minimum absolute atomic E-state index is 0.0522. The lowest BCUT2D eigenvalue weighted by Crippen LogP contribution is -2.52. The number of carboxylic acids is 2. The number of nitrogens with zero attached hydrogens (tertiary/aromatic N) is 1. The van der Waals surface area contributed by atoms with Crippen LogP contribution in [0.2, 0.25) is 0 Å². The third kappa shape index (κ3) is 13.7. The molecule has 0 aliphatic heterocycles. The van der Waals surface area contributed by atoms with Gasteiger partial charge in [0.25, 0.3) is 11.8 Å². The van der Waals surface area contributed by atoms with Gasteiger partial charge in [-0.3, -0.25) is 19.2 Å². The van der Waals surface area contributed by atoms with Crippen LogP contribution in [0.5, 0.6) is 5.75 Å². The Balaban J connectivity index is 0.000000262. The first-order valence-corrected chi connectivity index (χ1v) is 19.5. The van der Waals surface area contributed by atoms with Crippen molar-refractivity contribution in [1.29, 1.82) is 0 Å². The number of carbonyl (C=O) groups is 6. The Morgan fingerprint density at radius 1 is 0.797 bits per heavy atom. The molecule has 2 aliphatic rings. The average Bonchev–Trinajstić information content (AvgIpc) is 3.22. The lowest BCUT2D eigenvalue weighted by Gasteiger charge is -2.29. The number of hydrogen-bond acceptors (Lipinski definition) is 8. The maximum Gasteiger partial charge on any atom is 0.326 e. The van der Waals surface area contributed by atoms with Crippen LogP contribution >= 0.6 is 0 Å². The molecule has 312 valence electrons. The highest BCUT2D eigenvalue weighted by Gasteiger charge is 2.31. The summed E-state index contributed by atoms with van der Waals surface area (Å²) in [5, 5.41) is 45.7. The number of aliphatic carboxylic acids is 2. The van der Waals surface area contributed by atoms with Crippen molar-refractivity contribution in [3.8, 4) is 5.75 Å². The second-order valence-corrected chi connectivity index (χ2v) is 14.6. The molecule has 0 aromatic heterocycles. The maximum atomic E-state index is 13.1. The topological polar surface area (TPSA) is 223 Å². The summed E-state index contributed by atoms with van der Waals surface area (Å²) >= 11 is 0. The van der Waals surface area contributed by atoms with E-state index in [-0.39, 0.29) is 41.9 Å². The van der Waals surface area contributed by atoms with E-state index in [0.717, 1.165) is 30.4 Å². The molecule has 0 spiro atoms. The van der Waals surface area contributed by atoms with Gasteiger partial charge in [0.05, 0.1) is 0 Å². The van der Waals surface area contributed by atoms with Crippen molar-refractivity contribution < 1.29 is 49.2 Å². The molecule has 1 unspecified atom stereocenters. The monoisotopic (exact) mass is 808 g/mol. The Kier molecular flexibility index (Phi) is 16.6. The Bertz CT molecular complexity index is 2050. The number of amides is 4. The summed E-state index contributed by atoms with van der Waals surface area (Å²) in [5.41, 5.74) is 3.65. The van der Waals surface area contributed by atoms with Crippen LogP contribution in [-0.2, 0) is 30.4 Å². The molecular formula is C45H52N4O10. The number of aliphatic hydroxyl groups is 1. The van der Waals surface area contributed by atoms with E-state index in [1.807, 2.05) is 19.1 Å². The van der Waals surface area contributed by atoms with Crippen molar-refractivity contribution in [2.75, 3.05) is 4.90 Å². The molecule has 2 aliphatic carbocycles. The highest BCUT2D eigenvalue weighted by atomic mass is 16.4. The van der Waals surface area contributed by atoms with Crippen molar-refractivity contribution in [3.63, 3.8) is 0 Å². The number of aromatic hydroxyl groups is 1. The summed E-state index contributed by atoms with van der Waals surface area (Å²) in [7, 11) is 0. The molecular weight excluding hydrogens is 757 g/mol. The molecule has 3 aromatic rings. The van der Waals surface area contributed by atoms with Gasteiger partial charge in [-0.1, -0.05) is 60.5 Å². The lowest BCUT2D eigenvalue weighted by molar-refractivity contribution is -0.142. The number of benzene rings is 3. The molecule has 1 saturated carbocycles. The van der Waals surface area contributed by atoms with Gasteiger partial charge < -0.3 is 41.3 Å². The summed E-state index contributed by atoms with van der Waals surface area (Å²) < 4.78 is 0. The van der Waals surface area contributed by atoms with Gasteiger partial charge in [-0.15, -0.1) is 0 Å². The molecule has 5 rings (SSSR count). The third-order valence-electron chi connectivity index (χ3n) is 10.0. The number of carboxylic acid groups (broad SMARTS) is 2. The minimum Gasteiger partial charge on any atom is -0.508 e. The summed E-state index contributed by atoms with van der Waals surface area (Å²) in [6, 6.07) is 18.8. The molecule has 4 atom stereocenters. The number of rotatable bonds is 14. The van der Waals surface area contributed by atoms with Crippen LogP contribution in [0.15, 0.2) is 114 Å². The number of hydrogen-bond donors (Lipinski definition) is 7. The Hall–Kier alpha value is -6.70. The van der Waals surface area contributed by atoms with E-state index in [0.29, 0.717) is 36.1 Å². The number of phenols is 1. The molecule has 0 heterocycles. The van der Waals surface area contributed by atoms with Gasteiger partial charge in [0.1, 0.15) is 35.3 Å². The predicted octanol–water partition coefficient (Wildman–Crippen LogP) is 5.87. The van der Waals surface area contributed by atoms with Crippen LogP contribution in [0, 0.1) is 12.8 Å². The Labute approximate surface area is 343 Å². The molecule has 0 radical (unpaired) electrons. The van der Waals surface area contributed by atoms with Gasteiger partial charge >= 0.3 is 11.9 Å². The Morgan fingerprint density at radius 3 is 1.98 bits per heavy atom. The van der Waals surface area contributed by atoms with E-state index in [1.165, 1.54) is 30.0 Å². The molecule has 1 fully saturated rings. The highest BCUT2D eigenvalue weighted by molar-refractivity contribution is 6.04. The zero-order valence-corrected chi connectivity index (χ0v) is 33.4. The summed E-state index contributed by atoms with van der Waals surface area (Å²) in [6.07, 6.45) is 9.89. The third-order valence-corrected chi connectivity index (χ3v) is 10.0. The van der Waals surface area contributed by atoms with Crippen LogP contribution in [-0.4, -0.2) is 74.1 Å². The molecule has 59 heavy (non-hydrogen) atoms. The van der Waals surface area contributed by atoms with Crippen molar-refractivity contribution in [1.82, 2.24) is 16.0 Å². The van der Waals surface area contributed by atoms with E-state index in [9.17, 15) is 49.2 Å². The van der Waals surface area contributed by atoms with Crippen molar-refractivity contribution in [3.05, 3.63) is 131 Å². The van der Waals surface area contributed by atoms with Gasteiger partial charge in [0, 0.05) is 24.6 Å². The zero-order chi connectivity index (χ0) is 43.1. The van der Waals surface area contributed by atoms with E-state index >= 15 is 0 Å². The van der Waals surface area contributed by atoms with E-state index in [2.05, 4.69) is 16.0 Å². The largest absolute Gasteiger partial charge is 0.508 e. The van der Waals surface area contributed by atoms with Crippen molar-refractivity contribution in [2.45, 2.75) is 90.3 Å². The van der Waals surface area contributed by atoms with Crippen LogP contribution in [0.1, 0.15) is 80.3 Å². The summed E-state index contributed by atoms with van der Waals surface area (Å²) in [6.45, 7) is 4.85. The molecule has 0 saturated heterocycles. The number of carbonyl (C=O) groups excluding carboxylic acids is 4. The predicted molar refractivity (Wildman–Crippen MR) is 221 cm³/mol. The minimum atomic E-state index is -1.18. The second-order valence-electron chi connectivity index (χ2n) is 14.6. The first-order chi connectivity index (χ1) is 28.1. The van der Waals surface area contributed by atoms with Gasteiger partial charge in [-0.25, -0.2) is 9.59 Å². The first kappa shape index (κ1) is 45.0. The van der Waals surface area contributed by atoms with Crippen LogP contribution in [0.3, 0.4) is 0 Å². The lowest BCUT2D eigenvalue weighted by atomic mass is 9.92. The number of phenolic OH excluding ortho intramolecular Hbond substituents is 1. The number of allylic oxidation sites excluding steroid dienone is 4. The molecule has 14 nitrogen and oxygen atoms in total. The summed E-state index contributed by atoms with van der Waals surface area (Å²) in [4.78, 5) is 75.3. The fraction of sp³-hybridized carbons (Fsp3) is 0.333. The SMILES string of the molecule is CC(=O)N(c1ccc(C)cc1)[C@@H](C)C(=O)N[C@@H](CC1C=CC(O)=CC1)C(=O)O.O=C(N[C@@H](Cc1ccc(O)cc1)C(=O)O)C(NC(=O)c1ccccc1)=C1CCCCC1. The number of anilines is 1. The van der Waals surface area contributed by atoms with Gasteiger partial charge in [-0.2, -0.15) is 0 Å². The number of nitrogens with one attached hydrogen (secondary N) is 3. The molecule has 14 heteroatoms.